The van der Waals surface area contributed by atoms with Gasteiger partial charge in [0, 0.05) is 61.1 Å². The molecule has 0 atom stereocenters. The van der Waals surface area contributed by atoms with E-state index in [0.29, 0.717) is 41.8 Å². The summed E-state index contributed by atoms with van der Waals surface area (Å²) >= 11 is 0. The summed E-state index contributed by atoms with van der Waals surface area (Å²) in [6, 6.07) is 9.70. The highest BCUT2D eigenvalue weighted by atomic mass is 16.5. The Hall–Kier alpha value is -4.31. The summed E-state index contributed by atoms with van der Waals surface area (Å²) in [7, 11) is 0. The van der Waals surface area contributed by atoms with E-state index in [1.165, 1.54) is 0 Å². The molecule has 1 saturated heterocycles. The van der Waals surface area contributed by atoms with Gasteiger partial charge in [-0.05, 0) is 30.7 Å². The van der Waals surface area contributed by atoms with Gasteiger partial charge in [0.2, 0.25) is 5.95 Å². The second-order valence-electron chi connectivity index (χ2n) is 8.07. The highest BCUT2D eigenvalue weighted by Crippen LogP contribution is 2.33. The molecule has 10 heteroatoms. The largest absolute Gasteiger partial charge is 0.450 e. The lowest BCUT2D eigenvalue weighted by Gasteiger charge is -2.27. The zero-order valence-corrected chi connectivity index (χ0v) is 18.5. The number of rotatable bonds is 5. The maximum atomic E-state index is 6.23. The minimum Gasteiger partial charge on any atom is -0.450 e. The fourth-order valence-corrected chi connectivity index (χ4v) is 3.97. The van der Waals surface area contributed by atoms with E-state index in [2.05, 4.69) is 36.4 Å². The molecule has 0 spiro atoms. The van der Waals surface area contributed by atoms with Crippen LogP contribution in [-0.4, -0.2) is 56.4 Å². The van der Waals surface area contributed by atoms with E-state index in [0.717, 1.165) is 41.3 Å². The summed E-state index contributed by atoms with van der Waals surface area (Å²) in [6.07, 6.45) is 7.10. The van der Waals surface area contributed by atoms with Crippen LogP contribution < -0.4 is 10.2 Å². The smallest absolute Gasteiger partial charge is 0.231 e. The summed E-state index contributed by atoms with van der Waals surface area (Å²) < 4.78 is 11.8. The number of ether oxygens (including phenoxy) is 1. The second-order valence-corrected chi connectivity index (χ2v) is 8.07. The van der Waals surface area contributed by atoms with E-state index in [9.17, 15) is 0 Å². The molecule has 0 radical (unpaired) electrons. The molecule has 5 aromatic heterocycles. The Labute approximate surface area is 195 Å². The van der Waals surface area contributed by atoms with E-state index in [-0.39, 0.29) is 0 Å². The van der Waals surface area contributed by atoms with Crippen molar-refractivity contribution in [1.29, 1.82) is 0 Å². The van der Waals surface area contributed by atoms with Gasteiger partial charge in [-0.1, -0.05) is 0 Å². The van der Waals surface area contributed by atoms with Crippen molar-refractivity contribution < 1.29 is 9.15 Å². The predicted molar refractivity (Wildman–Crippen MR) is 128 cm³/mol. The van der Waals surface area contributed by atoms with Crippen LogP contribution in [0.25, 0.3) is 33.7 Å². The quantitative estimate of drug-likeness (QED) is 0.407. The molecule has 0 aromatic carbocycles. The number of pyridine rings is 2. The van der Waals surface area contributed by atoms with E-state index in [1.54, 1.807) is 18.6 Å². The van der Waals surface area contributed by atoms with Gasteiger partial charge in [-0.3, -0.25) is 15.1 Å². The Balaban J connectivity index is 1.38. The fourth-order valence-electron chi connectivity index (χ4n) is 3.97. The molecule has 170 valence electrons. The zero-order valence-electron chi connectivity index (χ0n) is 18.5. The molecule has 1 fully saturated rings. The summed E-state index contributed by atoms with van der Waals surface area (Å²) in [5, 5.41) is 10.7. The van der Waals surface area contributed by atoms with E-state index in [4.69, 9.17) is 19.1 Å². The second kappa shape index (κ2) is 8.56. The highest BCUT2D eigenvalue weighted by molar-refractivity contribution is 5.89. The third kappa shape index (κ3) is 3.95. The van der Waals surface area contributed by atoms with Crippen LogP contribution in [0.15, 0.2) is 59.5 Å². The molecule has 6 rings (SSSR count). The molecule has 0 saturated carbocycles. The van der Waals surface area contributed by atoms with Gasteiger partial charge in [-0.25, -0.2) is 4.98 Å². The summed E-state index contributed by atoms with van der Waals surface area (Å²) in [6.45, 7) is 4.74. The summed E-state index contributed by atoms with van der Waals surface area (Å²) in [5.41, 5.74) is 5.19. The molecule has 10 nitrogen and oxygen atoms in total. The van der Waals surface area contributed by atoms with Crippen LogP contribution in [0.3, 0.4) is 0 Å². The Morgan fingerprint density at radius 1 is 0.971 bits per heavy atom. The number of fused-ring (bicyclic) bond motifs is 1. The Morgan fingerprint density at radius 2 is 1.82 bits per heavy atom. The zero-order chi connectivity index (χ0) is 22.9. The SMILES string of the molecule is Cc1cncc(-c2cc(Nc3nc(N4CCOCC4)c4oc(-c5ccncc5)cc4n3)n[nH]2)c1. The average Bonchev–Trinajstić information content (AvgIpc) is 3.52. The Morgan fingerprint density at radius 3 is 2.65 bits per heavy atom. The van der Waals surface area contributed by atoms with Crippen molar-refractivity contribution in [3.8, 4) is 22.6 Å². The van der Waals surface area contributed by atoms with E-state index >= 15 is 0 Å². The number of H-pyrrole nitrogens is 1. The van der Waals surface area contributed by atoms with Crippen LogP contribution in [0.2, 0.25) is 0 Å². The molecular formula is C24H22N8O2. The minimum absolute atomic E-state index is 0.441. The summed E-state index contributed by atoms with van der Waals surface area (Å²) in [5.74, 6) is 2.50. The number of nitrogens with one attached hydrogen (secondary N) is 2. The first-order chi connectivity index (χ1) is 16.7. The minimum atomic E-state index is 0.441. The van der Waals surface area contributed by atoms with E-state index in [1.807, 2.05) is 37.4 Å². The maximum Gasteiger partial charge on any atom is 0.231 e. The average molecular weight is 454 g/mol. The molecule has 0 amide bonds. The van der Waals surface area contributed by atoms with Gasteiger partial charge in [0.1, 0.15) is 11.3 Å². The van der Waals surface area contributed by atoms with Crippen LogP contribution in [0.4, 0.5) is 17.6 Å². The molecule has 1 aliphatic heterocycles. The number of aromatic nitrogens is 6. The molecule has 0 unspecified atom stereocenters. The maximum absolute atomic E-state index is 6.23. The molecule has 5 aromatic rings. The standard InChI is InChI=1S/C24H22N8O2/c1-15-10-17(14-26-13-15)18-12-21(31-30-18)28-24-27-19-11-20(16-2-4-25-5-3-16)34-22(19)23(29-24)32-6-8-33-9-7-32/h2-5,10-14H,6-9H2,1H3,(H2,27,28,29,30,31). The lowest BCUT2D eigenvalue weighted by atomic mass is 10.2. The van der Waals surface area contributed by atoms with Crippen molar-refractivity contribution >= 4 is 28.7 Å². The normalized spacial score (nSPS) is 14.0. The number of anilines is 3. The van der Waals surface area contributed by atoms with Crippen LogP contribution in [-0.2, 0) is 4.74 Å². The third-order valence-electron chi connectivity index (χ3n) is 5.63. The van der Waals surface area contributed by atoms with Crippen LogP contribution in [0.1, 0.15) is 5.56 Å². The topological polar surface area (TPSA) is 118 Å². The number of aromatic amines is 1. The fraction of sp³-hybridized carbons (Fsp3) is 0.208. The molecule has 1 aliphatic rings. The highest BCUT2D eigenvalue weighted by Gasteiger charge is 2.22. The van der Waals surface area contributed by atoms with Gasteiger partial charge in [0.15, 0.2) is 17.2 Å². The first-order valence-corrected chi connectivity index (χ1v) is 11.0. The number of hydrogen-bond acceptors (Lipinski definition) is 9. The van der Waals surface area contributed by atoms with Crippen molar-refractivity contribution in [1.82, 2.24) is 30.1 Å². The lowest BCUT2D eigenvalue weighted by Crippen LogP contribution is -2.37. The van der Waals surface area contributed by atoms with Crippen molar-refractivity contribution in [2.45, 2.75) is 6.92 Å². The number of aryl methyl sites for hydroxylation is 1. The van der Waals surface area contributed by atoms with Gasteiger partial charge in [-0.15, -0.1) is 0 Å². The Bertz CT molecular complexity index is 1440. The predicted octanol–water partition coefficient (Wildman–Crippen LogP) is 3.96. The Kier molecular flexibility index (Phi) is 5.11. The van der Waals surface area contributed by atoms with Crippen LogP contribution in [0.5, 0.6) is 0 Å². The number of morpholine rings is 1. The van der Waals surface area contributed by atoms with Gasteiger partial charge >= 0.3 is 0 Å². The van der Waals surface area contributed by atoms with Crippen molar-refractivity contribution in [3.63, 3.8) is 0 Å². The number of nitrogens with zero attached hydrogens (tertiary/aromatic N) is 6. The van der Waals surface area contributed by atoms with Gasteiger partial charge in [0.05, 0.1) is 18.9 Å². The molecule has 0 bridgehead atoms. The number of furan rings is 1. The monoisotopic (exact) mass is 454 g/mol. The van der Waals surface area contributed by atoms with E-state index < -0.39 is 0 Å². The van der Waals surface area contributed by atoms with Crippen LogP contribution >= 0.6 is 0 Å². The van der Waals surface area contributed by atoms with Gasteiger partial charge < -0.3 is 19.4 Å². The summed E-state index contributed by atoms with van der Waals surface area (Å²) in [4.78, 5) is 20.0. The van der Waals surface area contributed by atoms with Crippen molar-refractivity contribution in [2.24, 2.45) is 0 Å². The molecule has 34 heavy (non-hydrogen) atoms. The first kappa shape index (κ1) is 20.3. The molecule has 2 N–H and O–H groups in total. The van der Waals surface area contributed by atoms with Crippen molar-refractivity contribution in [3.05, 3.63) is 60.7 Å². The lowest BCUT2D eigenvalue weighted by molar-refractivity contribution is 0.122. The molecule has 0 aliphatic carbocycles. The van der Waals surface area contributed by atoms with Crippen LogP contribution in [0, 0.1) is 6.92 Å². The third-order valence-corrected chi connectivity index (χ3v) is 5.63. The van der Waals surface area contributed by atoms with Crippen molar-refractivity contribution in [2.75, 3.05) is 36.5 Å². The first-order valence-electron chi connectivity index (χ1n) is 11.0. The molecular weight excluding hydrogens is 432 g/mol. The number of hydrogen-bond donors (Lipinski definition) is 2. The van der Waals surface area contributed by atoms with Gasteiger partial charge in [0.25, 0.3) is 0 Å². The molecule has 6 heterocycles. The van der Waals surface area contributed by atoms with Gasteiger partial charge in [-0.2, -0.15) is 10.1 Å².